The van der Waals surface area contributed by atoms with Gasteiger partial charge in [0.2, 0.25) is 0 Å². The van der Waals surface area contributed by atoms with Crippen LogP contribution >= 0.6 is 11.6 Å². The normalized spacial score (nSPS) is 11.9. The van der Waals surface area contributed by atoms with Crippen molar-refractivity contribution in [1.29, 1.82) is 5.26 Å². The number of hydrogen-bond donors (Lipinski definition) is 0. The summed E-state index contributed by atoms with van der Waals surface area (Å²) in [5.74, 6) is -0.933. The largest absolute Gasteiger partial charge is 0.501 e. The van der Waals surface area contributed by atoms with Gasteiger partial charge in [-0.1, -0.05) is 11.6 Å². The zero-order valence-electron chi connectivity index (χ0n) is 12.4. The smallest absolute Gasteiger partial charge is 0.457 e. The quantitative estimate of drug-likeness (QED) is 0.706. The lowest BCUT2D eigenvalue weighted by molar-refractivity contribution is -0.0436. The highest BCUT2D eigenvalue weighted by Gasteiger charge is 2.48. The van der Waals surface area contributed by atoms with E-state index in [4.69, 9.17) is 21.6 Å². The van der Waals surface area contributed by atoms with Gasteiger partial charge < -0.3 is 4.74 Å². The summed E-state index contributed by atoms with van der Waals surface area (Å²) >= 11 is 5.76. The summed E-state index contributed by atoms with van der Waals surface area (Å²) in [6.45, 7) is 1.25. The van der Waals surface area contributed by atoms with Gasteiger partial charge >= 0.3 is 5.51 Å². The third kappa shape index (κ3) is 3.70. The van der Waals surface area contributed by atoms with Crippen LogP contribution in [0.1, 0.15) is 11.1 Å². The molecule has 0 heterocycles. The summed E-state index contributed by atoms with van der Waals surface area (Å²) < 4.78 is 79.6. The minimum absolute atomic E-state index is 0.0324. The van der Waals surface area contributed by atoms with Gasteiger partial charge in [0.15, 0.2) is 0 Å². The second-order valence-corrected chi connectivity index (χ2v) is 7.13. The molecule has 0 unspecified atom stereocenters. The summed E-state index contributed by atoms with van der Waals surface area (Å²) in [7, 11) is -5.63. The Labute approximate surface area is 145 Å². The van der Waals surface area contributed by atoms with Crippen LogP contribution in [0.15, 0.2) is 35.2 Å². The summed E-state index contributed by atoms with van der Waals surface area (Å²) in [6.07, 6.45) is 0. The Bertz CT molecular complexity index is 981. The van der Waals surface area contributed by atoms with Crippen molar-refractivity contribution in [3.05, 3.63) is 52.3 Å². The Morgan fingerprint density at radius 3 is 2.40 bits per heavy atom. The van der Waals surface area contributed by atoms with Gasteiger partial charge in [-0.3, -0.25) is 0 Å². The summed E-state index contributed by atoms with van der Waals surface area (Å²) in [5, 5.41) is 8.13. The fourth-order valence-electron chi connectivity index (χ4n) is 1.90. The molecule has 0 radical (unpaired) electrons. The molecule has 25 heavy (non-hydrogen) atoms. The number of alkyl halides is 3. The van der Waals surface area contributed by atoms with Crippen LogP contribution in [0.2, 0.25) is 5.02 Å². The molecular weight excluding hydrogens is 386 g/mol. The van der Waals surface area contributed by atoms with E-state index in [-0.39, 0.29) is 22.6 Å². The number of hydrogen-bond acceptors (Lipinski definition) is 4. The van der Waals surface area contributed by atoms with Crippen molar-refractivity contribution in [2.24, 2.45) is 0 Å². The highest BCUT2D eigenvalue weighted by molar-refractivity contribution is 7.92. The maximum Gasteiger partial charge on any atom is 0.501 e. The molecule has 10 heteroatoms. The first kappa shape index (κ1) is 19.0. The Kier molecular flexibility index (Phi) is 4.97. The van der Waals surface area contributed by atoms with Crippen LogP contribution in [0.3, 0.4) is 0 Å². The van der Waals surface area contributed by atoms with E-state index in [0.29, 0.717) is 6.07 Å². The van der Waals surface area contributed by atoms with Crippen LogP contribution < -0.4 is 4.74 Å². The molecule has 2 aromatic rings. The van der Waals surface area contributed by atoms with E-state index >= 15 is 0 Å². The van der Waals surface area contributed by atoms with Crippen molar-refractivity contribution in [2.75, 3.05) is 0 Å². The molecule has 0 amide bonds. The van der Waals surface area contributed by atoms with Crippen LogP contribution in [0.25, 0.3) is 0 Å². The Hall–Kier alpha value is -2.31. The Morgan fingerprint density at radius 1 is 1.20 bits per heavy atom. The van der Waals surface area contributed by atoms with E-state index in [2.05, 4.69) is 0 Å². The molecule has 0 aromatic heterocycles. The van der Waals surface area contributed by atoms with Crippen molar-refractivity contribution >= 4 is 21.4 Å². The highest BCUT2D eigenvalue weighted by Crippen LogP contribution is 2.39. The van der Waals surface area contributed by atoms with Gasteiger partial charge in [0.05, 0.1) is 21.6 Å². The second-order valence-electron chi connectivity index (χ2n) is 4.84. The molecule has 0 saturated heterocycles. The zero-order valence-corrected chi connectivity index (χ0v) is 13.9. The number of nitriles is 1. The number of sulfone groups is 1. The molecule has 0 aliphatic carbocycles. The van der Waals surface area contributed by atoms with Crippen molar-refractivity contribution in [2.45, 2.75) is 17.3 Å². The first-order valence-electron chi connectivity index (χ1n) is 6.46. The highest BCUT2D eigenvalue weighted by atomic mass is 35.5. The van der Waals surface area contributed by atoms with E-state index in [1.54, 1.807) is 6.07 Å². The number of benzene rings is 2. The topological polar surface area (TPSA) is 67.2 Å². The lowest BCUT2D eigenvalue weighted by atomic mass is 10.2. The molecule has 2 rings (SSSR count). The molecule has 0 spiro atoms. The van der Waals surface area contributed by atoms with E-state index in [1.807, 2.05) is 0 Å². The molecule has 0 saturated carbocycles. The van der Waals surface area contributed by atoms with E-state index < -0.39 is 31.1 Å². The van der Waals surface area contributed by atoms with Gasteiger partial charge in [0.25, 0.3) is 9.84 Å². The van der Waals surface area contributed by atoms with Crippen molar-refractivity contribution in [3.63, 3.8) is 0 Å². The summed E-state index contributed by atoms with van der Waals surface area (Å²) in [4.78, 5) is -1.11. The fourth-order valence-corrected chi connectivity index (χ4v) is 3.24. The van der Waals surface area contributed by atoms with Crippen molar-refractivity contribution in [1.82, 2.24) is 0 Å². The number of ether oxygens (including phenoxy) is 1. The van der Waals surface area contributed by atoms with E-state index in [1.165, 1.54) is 13.0 Å². The lowest BCUT2D eigenvalue weighted by Crippen LogP contribution is -2.23. The number of nitrogens with zero attached hydrogens (tertiary/aromatic N) is 1. The molecular formula is C15H8ClF4NO3S. The molecule has 2 aromatic carbocycles. The molecule has 0 aliphatic rings. The molecule has 0 fully saturated rings. The maximum atomic E-state index is 13.4. The first-order valence-corrected chi connectivity index (χ1v) is 8.32. The predicted octanol–water partition coefficient (Wildman–Crippen LogP) is 4.75. The zero-order chi connectivity index (χ0) is 19.0. The van der Waals surface area contributed by atoms with E-state index in [9.17, 15) is 26.0 Å². The average molecular weight is 394 g/mol. The molecule has 0 bridgehead atoms. The van der Waals surface area contributed by atoms with Crippen LogP contribution in [0.4, 0.5) is 17.6 Å². The minimum atomic E-state index is -5.63. The minimum Gasteiger partial charge on any atom is -0.457 e. The average Bonchev–Trinajstić information content (AvgIpc) is 2.50. The van der Waals surface area contributed by atoms with Crippen molar-refractivity contribution in [3.8, 4) is 17.6 Å². The third-order valence-corrected chi connectivity index (χ3v) is 5.25. The molecule has 0 N–H and O–H groups in total. The lowest BCUT2D eigenvalue weighted by Gasteiger charge is -2.14. The van der Waals surface area contributed by atoms with Gasteiger partial charge in [-0.25, -0.2) is 12.8 Å². The van der Waals surface area contributed by atoms with Gasteiger partial charge in [0.1, 0.15) is 17.3 Å². The maximum absolute atomic E-state index is 13.4. The molecule has 132 valence electrons. The summed E-state index contributed by atoms with van der Waals surface area (Å²) in [6, 6.07) is 6.46. The van der Waals surface area contributed by atoms with E-state index in [0.717, 1.165) is 18.2 Å². The number of rotatable bonds is 3. The van der Waals surface area contributed by atoms with Gasteiger partial charge in [-0.05, 0) is 31.2 Å². The van der Waals surface area contributed by atoms with Crippen molar-refractivity contribution < 1.29 is 30.7 Å². The van der Waals surface area contributed by atoms with Gasteiger partial charge in [0, 0.05) is 11.6 Å². The first-order chi connectivity index (χ1) is 11.5. The Balaban J connectivity index is 2.49. The summed E-state index contributed by atoms with van der Waals surface area (Å²) in [5.41, 5.74) is -5.62. The third-order valence-electron chi connectivity index (χ3n) is 3.12. The fraction of sp³-hybridized carbons (Fsp3) is 0.133. The van der Waals surface area contributed by atoms with Crippen LogP contribution in [0.5, 0.6) is 11.5 Å². The molecule has 4 nitrogen and oxygen atoms in total. The molecule has 0 aliphatic heterocycles. The van der Waals surface area contributed by atoms with Crippen LogP contribution in [-0.4, -0.2) is 13.9 Å². The van der Waals surface area contributed by atoms with Gasteiger partial charge in [-0.2, -0.15) is 18.4 Å². The Morgan fingerprint density at radius 2 is 1.84 bits per heavy atom. The van der Waals surface area contributed by atoms with Crippen LogP contribution in [0, 0.1) is 24.1 Å². The SMILES string of the molecule is Cc1c(Oc2cc(F)cc(C#N)c2)ccc(S(=O)(=O)C(F)(F)F)c1Cl. The monoisotopic (exact) mass is 393 g/mol. The number of halogens is 5. The van der Waals surface area contributed by atoms with Gasteiger partial charge in [-0.15, -0.1) is 0 Å². The predicted molar refractivity (Wildman–Crippen MR) is 80.6 cm³/mol. The van der Waals surface area contributed by atoms with Crippen LogP contribution in [-0.2, 0) is 9.84 Å². The second kappa shape index (κ2) is 6.54. The molecule has 0 atom stereocenters. The standard InChI is InChI=1S/C15H8ClF4NO3S/c1-8-12(24-11-5-9(7-21)4-10(17)6-11)2-3-13(14(8)16)25(22,23)15(18,19)20/h2-6H,1H3.